The van der Waals surface area contributed by atoms with Crippen LogP contribution in [0.2, 0.25) is 0 Å². The normalized spacial score (nSPS) is 10.4. The summed E-state index contributed by atoms with van der Waals surface area (Å²) in [7, 11) is 0. The first-order valence-electron chi connectivity index (χ1n) is 7.64. The molecule has 1 aromatic carbocycles. The number of hydrogen-bond acceptors (Lipinski definition) is 6. The first-order valence-corrected chi connectivity index (χ1v) is 7.64. The summed E-state index contributed by atoms with van der Waals surface area (Å²) in [6.07, 6.45) is 3.43. The van der Waals surface area contributed by atoms with Crippen LogP contribution < -0.4 is 5.32 Å². The summed E-state index contributed by atoms with van der Waals surface area (Å²) in [4.78, 5) is 32.6. The van der Waals surface area contributed by atoms with Gasteiger partial charge in [-0.15, -0.1) is 5.10 Å². The molecule has 0 fully saturated rings. The van der Waals surface area contributed by atoms with Gasteiger partial charge in [-0.05, 0) is 18.9 Å². The predicted molar refractivity (Wildman–Crippen MR) is 86.5 cm³/mol. The van der Waals surface area contributed by atoms with Crippen LogP contribution in [0.1, 0.15) is 36.2 Å². The average molecular weight is 347 g/mol. The molecule has 0 spiro atoms. The molecule has 1 heterocycles. The van der Waals surface area contributed by atoms with Gasteiger partial charge in [-0.3, -0.25) is 19.7 Å². The second-order valence-corrected chi connectivity index (χ2v) is 5.29. The largest absolute Gasteiger partial charge is 0.481 e. The van der Waals surface area contributed by atoms with Gasteiger partial charge in [0.25, 0.3) is 11.6 Å². The molecule has 0 aliphatic heterocycles. The van der Waals surface area contributed by atoms with Crippen LogP contribution in [0.25, 0.3) is 5.69 Å². The highest BCUT2D eigenvalue weighted by molar-refractivity contribution is 5.91. The van der Waals surface area contributed by atoms with Gasteiger partial charge < -0.3 is 10.4 Å². The number of hydrogen-bond donors (Lipinski definition) is 2. The van der Waals surface area contributed by atoms with E-state index in [9.17, 15) is 19.7 Å². The quantitative estimate of drug-likeness (QED) is 0.398. The zero-order valence-electron chi connectivity index (χ0n) is 13.3. The van der Waals surface area contributed by atoms with E-state index in [1.807, 2.05) is 0 Å². The van der Waals surface area contributed by atoms with Crippen LogP contribution in [-0.2, 0) is 4.79 Å². The number of carbonyl (C=O) groups excluding carboxylic acids is 1. The van der Waals surface area contributed by atoms with Crippen molar-refractivity contribution in [1.29, 1.82) is 0 Å². The summed E-state index contributed by atoms with van der Waals surface area (Å²) in [6.45, 7) is 0.405. The number of nitrogens with zero attached hydrogens (tertiary/aromatic N) is 4. The fraction of sp³-hybridized carbons (Fsp3) is 0.333. The van der Waals surface area contributed by atoms with Crippen molar-refractivity contribution in [3.63, 3.8) is 0 Å². The molecule has 2 N–H and O–H groups in total. The number of nitro groups is 1. The van der Waals surface area contributed by atoms with Crippen molar-refractivity contribution in [3.8, 4) is 5.69 Å². The number of amides is 1. The number of non-ortho nitro benzene ring substituents is 1. The molecule has 132 valence electrons. The molecule has 1 aromatic heterocycles. The molecule has 25 heavy (non-hydrogen) atoms. The van der Waals surface area contributed by atoms with Crippen LogP contribution in [0.5, 0.6) is 0 Å². The third kappa shape index (κ3) is 5.37. The second kappa shape index (κ2) is 8.52. The maximum absolute atomic E-state index is 12.0. The Morgan fingerprint density at radius 1 is 1.28 bits per heavy atom. The zero-order chi connectivity index (χ0) is 18.2. The minimum absolute atomic E-state index is 0.0830. The number of benzene rings is 1. The summed E-state index contributed by atoms with van der Waals surface area (Å²) in [5.74, 6) is -1.24. The topological polar surface area (TPSA) is 140 Å². The van der Waals surface area contributed by atoms with Crippen molar-refractivity contribution in [1.82, 2.24) is 20.3 Å². The van der Waals surface area contributed by atoms with Gasteiger partial charge in [0, 0.05) is 25.1 Å². The van der Waals surface area contributed by atoms with Crippen LogP contribution in [0.15, 0.2) is 30.5 Å². The summed E-state index contributed by atoms with van der Waals surface area (Å²) < 4.78 is 1.29. The molecule has 2 rings (SSSR count). The number of nitro benzene ring substituents is 1. The van der Waals surface area contributed by atoms with E-state index in [2.05, 4.69) is 15.6 Å². The molecule has 0 aliphatic rings. The number of nitrogens with one attached hydrogen (secondary N) is 1. The van der Waals surface area contributed by atoms with E-state index in [4.69, 9.17) is 5.11 Å². The Kier molecular flexibility index (Phi) is 6.15. The van der Waals surface area contributed by atoms with Crippen molar-refractivity contribution in [2.75, 3.05) is 6.54 Å². The number of aromatic nitrogens is 3. The van der Waals surface area contributed by atoms with E-state index < -0.39 is 16.8 Å². The molecular weight excluding hydrogens is 330 g/mol. The van der Waals surface area contributed by atoms with E-state index in [0.29, 0.717) is 31.5 Å². The van der Waals surface area contributed by atoms with Crippen molar-refractivity contribution >= 4 is 17.6 Å². The third-order valence-corrected chi connectivity index (χ3v) is 3.38. The van der Waals surface area contributed by atoms with Gasteiger partial charge >= 0.3 is 5.97 Å². The highest BCUT2D eigenvalue weighted by atomic mass is 16.6. The lowest BCUT2D eigenvalue weighted by Gasteiger charge is -2.02. The monoisotopic (exact) mass is 347 g/mol. The molecule has 0 saturated carbocycles. The number of carboxylic acid groups (broad SMARTS) is 1. The Labute approximate surface area is 142 Å². The number of carbonyl (C=O) groups is 2. The van der Waals surface area contributed by atoms with Gasteiger partial charge in [-0.25, -0.2) is 4.68 Å². The SMILES string of the molecule is O=C(O)CCCCCNC(=O)c1cn(-c2cccc([N+](=O)[O-])c2)nn1. The van der Waals surface area contributed by atoms with Gasteiger partial charge in [-0.2, -0.15) is 0 Å². The highest BCUT2D eigenvalue weighted by Gasteiger charge is 2.13. The Morgan fingerprint density at radius 3 is 2.80 bits per heavy atom. The molecule has 2 aromatic rings. The number of carboxylic acids is 1. The fourth-order valence-electron chi connectivity index (χ4n) is 2.11. The standard InChI is InChI=1S/C15H17N5O5/c21-14(22)7-2-1-3-8-16-15(23)13-10-19(18-17-13)11-5-4-6-12(9-11)20(24)25/h4-6,9-10H,1-3,7-8H2,(H,16,23)(H,21,22). The van der Waals surface area contributed by atoms with Crippen molar-refractivity contribution in [2.45, 2.75) is 25.7 Å². The molecule has 0 atom stereocenters. The minimum Gasteiger partial charge on any atom is -0.481 e. The predicted octanol–water partition coefficient (Wildman–Crippen LogP) is 1.55. The van der Waals surface area contributed by atoms with Crippen LogP contribution in [0, 0.1) is 10.1 Å². The van der Waals surface area contributed by atoms with Gasteiger partial charge in [0.1, 0.15) is 0 Å². The van der Waals surface area contributed by atoms with E-state index in [-0.39, 0.29) is 17.8 Å². The Morgan fingerprint density at radius 2 is 2.08 bits per heavy atom. The first kappa shape index (κ1) is 18.0. The van der Waals surface area contributed by atoms with Crippen molar-refractivity contribution in [2.24, 2.45) is 0 Å². The fourth-order valence-corrected chi connectivity index (χ4v) is 2.11. The molecule has 0 radical (unpaired) electrons. The van der Waals surface area contributed by atoms with E-state index in [1.54, 1.807) is 6.07 Å². The maximum atomic E-state index is 12.0. The summed E-state index contributed by atoms with van der Waals surface area (Å²) >= 11 is 0. The van der Waals surface area contributed by atoms with E-state index in [0.717, 1.165) is 0 Å². The molecular formula is C15H17N5O5. The number of aliphatic carboxylic acids is 1. The van der Waals surface area contributed by atoms with Gasteiger partial charge in [-0.1, -0.05) is 17.7 Å². The first-order chi connectivity index (χ1) is 12.0. The Hall–Kier alpha value is -3.30. The number of unbranched alkanes of at least 4 members (excludes halogenated alkanes) is 2. The van der Waals surface area contributed by atoms with Crippen LogP contribution in [-0.4, -0.2) is 43.4 Å². The summed E-state index contributed by atoms with van der Waals surface area (Å²) in [6, 6.07) is 5.83. The second-order valence-electron chi connectivity index (χ2n) is 5.29. The lowest BCUT2D eigenvalue weighted by Crippen LogP contribution is -2.24. The van der Waals surface area contributed by atoms with Gasteiger partial charge in [0.15, 0.2) is 5.69 Å². The smallest absolute Gasteiger partial charge is 0.303 e. The maximum Gasteiger partial charge on any atom is 0.303 e. The highest BCUT2D eigenvalue weighted by Crippen LogP contribution is 2.16. The molecule has 10 nitrogen and oxygen atoms in total. The van der Waals surface area contributed by atoms with E-state index in [1.165, 1.54) is 29.1 Å². The van der Waals surface area contributed by atoms with Crippen molar-refractivity contribution in [3.05, 3.63) is 46.3 Å². The van der Waals surface area contributed by atoms with Gasteiger partial charge in [0.05, 0.1) is 16.8 Å². The van der Waals surface area contributed by atoms with Crippen molar-refractivity contribution < 1.29 is 19.6 Å². The molecule has 1 amide bonds. The zero-order valence-corrected chi connectivity index (χ0v) is 13.3. The molecule has 0 unspecified atom stereocenters. The van der Waals surface area contributed by atoms with Crippen LogP contribution >= 0.6 is 0 Å². The summed E-state index contributed by atoms with van der Waals surface area (Å²) in [5.41, 5.74) is 0.437. The number of rotatable bonds is 9. The molecule has 10 heteroatoms. The minimum atomic E-state index is -0.832. The molecule has 0 saturated heterocycles. The van der Waals surface area contributed by atoms with Crippen LogP contribution in [0.4, 0.5) is 5.69 Å². The summed E-state index contributed by atoms with van der Waals surface area (Å²) in [5, 5.41) is 29.6. The van der Waals surface area contributed by atoms with Crippen LogP contribution in [0.3, 0.4) is 0 Å². The van der Waals surface area contributed by atoms with Gasteiger partial charge in [0.2, 0.25) is 0 Å². The average Bonchev–Trinajstić information content (AvgIpc) is 3.08. The lowest BCUT2D eigenvalue weighted by atomic mass is 10.2. The van der Waals surface area contributed by atoms with E-state index >= 15 is 0 Å². The molecule has 0 aliphatic carbocycles. The lowest BCUT2D eigenvalue weighted by molar-refractivity contribution is -0.384. The third-order valence-electron chi connectivity index (χ3n) is 3.38. The molecule has 0 bridgehead atoms. The Balaban J connectivity index is 1.88. The Bertz CT molecular complexity index is 773.